The number of hydrogen-bond acceptors (Lipinski definition) is 3. The lowest BCUT2D eigenvalue weighted by Crippen LogP contribution is -2.35. The zero-order valence-corrected chi connectivity index (χ0v) is 12.1. The molecule has 0 bridgehead atoms. The summed E-state index contributed by atoms with van der Waals surface area (Å²) in [6.07, 6.45) is 0.399. The molecule has 0 saturated carbocycles. The number of para-hydroxylation sites is 1. The second-order valence-electron chi connectivity index (χ2n) is 4.61. The standard InChI is InChI=1S/C16H15NO3.ClH/c18-16-17-15(9-10-19-16)12-5-4-8-14(11-12)20-13-6-2-1-3-7-13;/h1-8,11,15H,9-10H2,(H,17,18);1H/t15-;/m1./s1. The molecule has 1 amide bonds. The van der Waals surface area contributed by atoms with Gasteiger partial charge in [-0.15, -0.1) is 12.4 Å². The maximum Gasteiger partial charge on any atom is 0.407 e. The molecule has 0 radical (unpaired) electrons. The second kappa shape index (κ2) is 6.99. The van der Waals surface area contributed by atoms with Crippen LogP contribution in [0.5, 0.6) is 11.5 Å². The predicted molar refractivity (Wildman–Crippen MR) is 82.0 cm³/mol. The molecule has 1 saturated heterocycles. The van der Waals surface area contributed by atoms with Crippen LogP contribution in [0, 0.1) is 0 Å². The number of alkyl carbamates (subject to hydrolysis) is 1. The van der Waals surface area contributed by atoms with Crippen molar-refractivity contribution in [2.45, 2.75) is 12.5 Å². The number of ether oxygens (including phenoxy) is 2. The van der Waals surface area contributed by atoms with Crippen LogP contribution < -0.4 is 10.1 Å². The number of carbonyl (C=O) groups is 1. The first-order chi connectivity index (χ1) is 9.81. The van der Waals surface area contributed by atoms with Gasteiger partial charge in [0.15, 0.2) is 0 Å². The third kappa shape index (κ3) is 3.89. The Hall–Kier alpha value is -2.20. The van der Waals surface area contributed by atoms with E-state index in [0.29, 0.717) is 6.61 Å². The highest BCUT2D eigenvalue weighted by Gasteiger charge is 2.20. The van der Waals surface area contributed by atoms with E-state index in [1.807, 2.05) is 54.6 Å². The van der Waals surface area contributed by atoms with Gasteiger partial charge in [0.05, 0.1) is 12.6 Å². The lowest BCUT2D eigenvalue weighted by atomic mass is 10.0. The largest absolute Gasteiger partial charge is 0.457 e. The minimum atomic E-state index is -0.365. The van der Waals surface area contributed by atoms with Crippen molar-refractivity contribution in [3.63, 3.8) is 0 Å². The first kappa shape index (κ1) is 15.2. The summed E-state index contributed by atoms with van der Waals surface area (Å²) in [5.74, 6) is 1.55. The van der Waals surface area contributed by atoms with Crippen LogP contribution >= 0.6 is 12.4 Å². The van der Waals surface area contributed by atoms with E-state index in [4.69, 9.17) is 9.47 Å². The molecule has 1 heterocycles. The zero-order chi connectivity index (χ0) is 13.8. The Kier molecular flexibility index (Phi) is 5.06. The van der Waals surface area contributed by atoms with E-state index in [9.17, 15) is 4.79 Å². The van der Waals surface area contributed by atoms with Crippen LogP contribution in [0.25, 0.3) is 0 Å². The smallest absolute Gasteiger partial charge is 0.407 e. The van der Waals surface area contributed by atoms with Crippen LogP contribution in [0.15, 0.2) is 54.6 Å². The average Bonchev–Trinajstić information content (AvgIpc) is 2.49. The molecule has 0 spiro atoms. The Morgan fingerprint density at radius 1 is 1.05 bits per heavy atom. The van der Waals surface area contributed by atoms with E-state index in [0.717, 1.165) is 23.5 Å². The lowest BCUT2D eigenvalue weighted by molar-refractivity contribution is 0.115. The topological polar surface area (TPSA) is 47.6 Å². The van der Waals surface area contributed by atoms with Crippen molar-refractivity contribution in [3.8, 4) is 11.5 Å². The highest BCUT2D eigenvalue weighted by molar-refractivity contribution is 5.85. The van der Waals surface area contributed by atoms with Crippen LogP contribution in [-0.2, 0) is 4.74 Å². The lowest BCUT2D eigenvalue weighted by Gasteiger charge is -2.24. The van der Waals surface area contributed by atoms with E-state index in [2.05, 4.69) is 5.32 Å². The maximum absolute atomic E-state index is 11.3. The summed E-state index contributed by atoms with van der Waals surface area (Å²) in [5, 5.41) is 2.81. The van der Waals surface area contributed by atoms with E-state index in [1.165, 1.54) is 0 Å². The summed E-state index contributed by atoms with van der Waals surface area (Å²) in [5.41, 5.74) is 1.02. The van der Waals surface area contributed by atoms with Crippen LogP contribution in [0.4, 0.5) is 4.79 Å². The molecule has 2 aromatic rings. The average molecular weight is 306 g/mol. The number of benzene rings is 2. The van der Waals surface area contributed by atoms with Gasteiger partial charge in [0.2, 0.25) is 0 Å². The van der Waals surface area contributed by atoms with E-state index < -0.39 is 0 Å². The fourth-order valence-corrected chi connectivity index (χ4v) is 2.19. The first-order valence-electron chi connectivity index (χ1n) is 6.57. The Bertz CT molecular complexity index is 603. The van der Waals surface area contributed by atoms with Crippen LogP contribution in [0.1, 0.15) is 18.0 Å². The molecule has 0 aromatic heterocycles. The van der Waals surface area contributed by atoms with Crippen molar-refractivity contribution in [1.29, 1.82) is 0 Å². The molecular weight excluding hydrogens is 290 g/mol. The zero-order valence-electron chi connectivity index (χ0n) is 11.3. The number of amides is 1. The number of halogens is 1. The molecule has 4 nitrogen and oxygen atoms in total. The van der Waals surface area contributed by atoms with Crippen molar-refractivity contribution < 1.29 is 14.3 Å². The molecule has 1 atom stereocenters. The Morgan fingerprint density at radius 2 is 1.81 bits per heavy atom. The molecule has 0 aliphatic carbocycles. The summed E-state index contributed by atoms with van der Waals surface area (Å²) in [6.45, 7) is 0.445. The maximum atomic E-state index is 11.3. The molecule has 0 unspecified atom stereocenters. The second-order valence-corrected chi connectivity index (χ2v) is 4.61. The highest BCUT2D eigenvalue weighted by Crippen LogP contribution is 2.26. The fraction of sp³-hybridized carbons (Fsp3) is 0.188. The summed E-state index contributed by atoms with van der Waals surface area (Å²) < 4.78 is 10.7. The Morgan fingerprint density at radius 3 is 2.57 bits per heavy atom. The summed E-state index contributed by atoms with van der Waals surface area (Å²) in [7, 11) is 0. The normalized spacial score (nSPS) is 17.1. The van der Waals surface area contributed by atoms with Gasteiger partial charge in [-0.1, -0.05) is 30.3 Å². The van der Waals surface area contributed by atoms with Gasteiger partial charge in [0.1, 0.15) is 11.5 Å². The van der Waals surface area contributed by atoms with Crippen molar-refractivity contribution >= 4 is 18.5 Å². The molecule has 2 aromatic carbocycles. The molecule has 110 valence electrons. The van der Waals surface area contributed by atoms with Crippen LogP contribution in [0.2, 0.25) is 0 Å². The van der Waals surface area contributed by atoms with Crippen molar-refractivity contribution in [3.05, 3.63) is 60.2 Å². The van der Waals surface area contributed by atoms with Gasteiger partial charge >= 0.3 is 6.09 Å². The third-order valence-electron chi connectivity index (χ3n) is 3.17. The highest BCUT2D eigenvalue weighted by atomic mass is 35.5. The molecule has 3 rings (SSSR count). The summed E-state index contributed by atoms with van der Waals surface area (Å²) in [4.78, 5) is 11.3. The van der Waals surface area contributed by atoms with E-state index >= 15 is 0 Å². The van der Waals surface area contributed by atoms with Gasteiger partial charge in [-0.05, 0) is 29.8 Å². The van der Waals surface area contributed by atoms with Crippen LogP contribution in [-0.4, -0.2) is 12.7 Å². The van der Waals surface area contributed by atoms with Gasteiger partial charge in [-0.25, -0.2) is 4.79 Å². The Balaban J connectivity index is 0.00000161. The Labute approximate surface area is 129 Å². The minimum Gasteiger partial charge on any atom is -0.457 e. The summed E-state index contributed by atoms with van der Waals surface area (Å²) >= 11 is 0. The van der Waals surface area contributed by atoms with Gasteiger partial charge in [-0.3, -0.25) is 0 Å². The quantitative estimate of drug-likeness (QED) is 0.929. The monoisotopic (exact) mass is 305 g/mol. The number of nitrogens with one attached hydrogen (secondary N) is 1. The number of cyclic esters (lactones) is 1. The number of rotatable bonds is 3. The van der Waals surface area contributed by atoms with Gasteiger partial charge in [0, 0.05) is 6.42 Å². The number of hydrogen-bond donors (Lipinski definition) is 1. The van der Waals surface area contributed by atoms with Crippen LogP contribution in [0.3, 0.4) is 0 Å². The van der Waals surface area contributed by atoms with Gasteiger partial charge in [0.25, 0.3) is 0 Å². The molecule has 1 N–H and O–H groups in total. The minimum absolute atomic E-state index is 0. The van der Waals surface area contributed by atoms with E-state index in [1.54, 1.807) is 0 Å². The third-order valence-corrected chi connectivity index (χ3v) is 3.17. The van der Waals surface area contributed by atoms with Gasteiger partial charge < -0.3 is 14.8 Å². The number of carbonyl (C=O) groups excluding carboxylic acids is 1. The molecule has 1 aliphatic heterocycles. The molecule has 5 heteroatoms. The molecule has 1 fully saturated rings. The van der Waals surface area contributed by atoms with Gasteiger partial charge in [-0.2, -0.15) is 0 Å². The molecule has 21 heavy (non-hydrogen) atoms. The first-order valence-corrected chi connectivity index (χ1v) is 6.57. The van der Waals surface area contributed by atoms with Crippen molar-refractivity contribution in [2.24, 2.45) is 0 Å². The molecule has 1 aliphatic rings. The summed E-state index contributed by atoms with van der Waals surface area (Å²) in [6, 6.07) is 17.3. The fourth-order valence-electron chi connectivity index (χ4n) is 2.19. The predicted octanol–water partition coefficient (Wildman–Crippen LogP) is 4.07. The van der Waals surface area contributed by atoms with E-state index in [-0.39, 0.29) is 24.5 Å². The van der Waals surface area contributed by atoms with Crippen molar-refractivity contribution in [1.82, 2.24) is 5.32 Å². The SMILES string of the molecule is Cl.O=C1N[C@@H](c2cccc(Oc3ccccc3)c2)CCO1. The van der Waals surface area contributed by atoms with Crippen molar-refractivity contribution in [2.75, 3.05) is 6.61 Å². The molecular formula is C16H16ClNO3.